The topological polar surface area (TPSA) is 75.7 Å². The van der Waals surface area contributed by atoms with Crippen molar-refractivity contribution in [3.63, 3.8) is 0 Å². The van der Waals surface area contributed by atoms with Crippen LogP contribution in [0.5, 0.6) is 0 Å². The summed E-state index contributed by atoms with van der Waals surface area (Å²) in [6, 6.07) is 4.73. The first-order valence-electron chi connectivity index (χ1n) is 7.01. The maximum Gasteiger partial charge on any atom is 0.243 e. The van der Waals surface area contributed by atoms with Crippen LogP contribution in [-0.4, -0.2) is 44.4 Å². The molecule has 6 nitrogen and oxygen atoms in total. The van der Waals surface area contributed by atoms with Gasteiger partial charge in [0.05, 0.1) is 18.1 Å². The summed E-state index contributed by atoms with van der Waals surface area (Å²) in [5, 5.41) is 2.76. The van der Waals surface area contributed by atoms with Crippen LogP contribution in [0, 0.1) is 0 Å². The molecule has 2 aliphatic heterocycles. The van der Waals surface area contributed by atoms with Crippen LogP contribution in [0.15, 0.2) is 23.1 Å². The monoisotopic (exact) mass is 310 g/mol. The van der Waals surface area contributed by atoms with E-state index in [0.717, 1.165) is 5.56 Å². The van der Waals surface area contributed by atoms with Crippen molar-refractivity contribution >= 4 is 21.6 Å². The molecule has 1 fully saturated rings. The average molecular weight is 310 g/mol. The maximum atomic E-state index is 12.7. The molecule has 114 valence electrons. The number of morpholine rings is 1. The Bertz CT molecular complexity index is 672. The fourth-order valence-corrected chi connectivity index (χ4v) is 4.38. The number of rotatable bonds is 2. The van der Waals surface area contributed by atoms with E-state index in [1.165, 1.54) is 4.31 Å². The number of nitrogens with zero attached hydrogens (tertiary/aromatic N) is 1. The summed E-state index contributed by atoms with van der Waals surface area (Å²) >= 11 is 0. The molecule has 3 rings (SSSR count). The van der Waals surface area contributed by atoms with Crippen LogP contribution in [0.25, 0.3) is 0 Å². The molecule has 1 amide bonds. The number of nitrogens with one attached hydrogen (secondary N) is 1. The van der Waals surface area contributed by atoms with Gasteiger partial charge in [0.2, 0.25) is 15.9 Å². The van der Waals surface area contributed by atoms with Gasteiger partial charge in [-0.2, -0.15) is 4.31 Å². The summed E-state index contributed by atoms with van der Waals surface area (Å²) in [7, 11) is -3.52. The van der Waals surface area contributed by atoms with Crippen LogP contribution in [0.3, 0.4) is 0 Å². The summed E-state index contributed by atoms with van der Waals surface area (Å²) < 4.78 is 32.2. The van der Waals surface area contributed by atoms with Crippen molar-refractivity contribution in [3.05, 3.63) is 23.8 Å². The van der Waals surface area contributed by atoms with Crippen molar-refractivity contribution in [3.8, 4) is 0 Å². The molecule has 0 bridgehead atoms. The summed E-state index contributed by atoms with van der Waals surface area (Å²) in [6.45, 7) is 3.05. The highest BCUT2D eigenvalue weighted by atomic mass is 32.2. The van der Waals surface area contributed by atoms with E-state index in [-0.39, 0.29) is 16.8 Å². The molecule has 0 unspecified atom stereocenters. The first-order valence-corrected chi connectivity index (χ1v) is 8.45. The van der Waals surface area contributed by atoms with Gasteiger partial charge in [-0.25, -0.2) is 8.42 Å². The standard InChI is InChI=1S/C14H18N2O4S/c1-10-9-20-7-6-16(10)21(18,19)12-3-4-13-11(8-12)2-5-14(17)15-13/h3-4,8,10H,2,5-7,9H2,1H3,(H,15,17)/t10-/m0/s1. The van der Waals surface area contributed by atoms with E-state index in [0.29, 0.717) is 38.3 Å². The molecule has 2 heterocycles. The number of ether oxygens (including phenoxy) is 1. The molecular weight excluding hydrogens is 292 g/mol. The van der Waals surface area contributed by atoms with Gasteiger partial charge in [0.25, 0.3) is 0 Å². The number of carbonyl (C=O) groups is 1. The number of anilines is 1. The van der Waals surface area contributed by atoms with Gasteiger partial charge < -0.3 is 10.1 Å². The van der Waals surface area contributed by atoms with Gasteiger partial charge in [-0.3, -0.25) is 4.79 Å². The van der Waals surface area contributed by atoms with Crippen molar-refractivity contribution in [2.45, 2.75) is 30.7 Å². The van der Waals surface area contributed by atoms with Gasteiger partial charge in [0.1, 0.15) is 0 Å². The minimum atomic E-state index is -3.52. The van der Waals surface area contributed by atoms with Crippen LogP contribution in [-0.2, 0) is 26.0 Å². The van der Waals surface area contributed by atoms with E-state index in [4.69, 9.17) is 4.74 Å². The van der Waals surface area contributed by atoms with E-state index >= 15 is 0 Å². The van der Waals surface area contributed by atoms with E-state index in [2.05, 4.69) is 5.32 Å². The minimum Gasteiger partial charge on any atom is -0.378 e. The Hall–Kier alpha value is -1.44. The molecule has 0 spiro atoms. The van der Waals surface area contributed by atoms with Crippen LogP contribution >= 0.6 is 0 Å². The van der Waals surface area contributed by atoms with Gasteiger partial charge in [-0.1, -0.05) is 0 Å². The first-order chi connectivity index (χ1) is 9.98. The van der Waals surface area contributed by atoms with E-state index in [1.807, 2.05) is 6.92 Å². The Balaban J connectivity index is 1.94. The van der Waals surface area contributed by atoms with Crippen LogP contribution in [0.1, 0.15) is 18.9 Å². The number of sulfonamides is 1. The fraction of sp³-hybridized carbons (Fsp3) is 0.500. The number of hydrogen-bond acceptors (Lipinski definition) is 4. The Morgan fingerprint density at radius 3 is 2.90 bits per heavy atom. The third kappa shape index (κ3) is 2.68. The van der Waals surface area contributed by atoms with Crippen LogP contribution < -0.4 is 5.32 Å². The highest BCUT2D eigenvalue weighted by Crippen LogP contribution is 2.28. The highest BCUT2D eigenvalue weighted by Gasteiger charge is 2.32. The third-order valence-corrected chi connectivity index (χ3v) is 5.90. The Morgan fingerprint density at radius 1 is 1.33 bits per heavy atom. The second-order valence-electron chi connectivity index (χ2n) is 5.41. The number of hydrogen-bond donors (Lipinski definition) is 1. The second-order valence-corrected chi connectivity index (χ2v) is 7.30. The van der Waals surface area contributed by atoms with Crippen molar-refractivity contribution in [1.29, 1.82) is 0 Å². The smallest absolute Gasteiger partial charge is 0.243 e. The van der Waals surface area contributed by atoms with Crippen molar-refractivity contribution in [2.24, 2.45) is 0 Å². The molecule has 0 saturated carbocycles. The Morgan fingerprint density at radius 2 is 2.14 bits per heavy atom. The first kappa shape index (κ1) is 14.5. The average Bonchev–Trinajstić information content (AvgIpc) is 2.47. The second kappa shape index (κ2) is 5.40. The molecule has 1 aromatic rings. The third-order valence-electron chi connectivity index (χ3n) is 3.89. The van der Waals surface area contributed by atoms with Crippen molar-refractivity contribution in [1.82, 2.24) is 4.31 Å². The molecule has 0 aliphatic carbocycles. The molecule has 1 N–H and O–H groups in total. The van der Waals surface area contributed by atoms with E-state index in [1.54, 1.807) is 18.2 Å². The summed E-state index contributed by atoms with van der Waals surface area (Å²) in [5.74, 6) is -0.0279. The van der Waals surface area contributed by atoms with Gasteiger partial charge in [0, 0.05) is 24.7 Å². The number of amides is 1. The molecule has 1 saturated heterocycles. The molecule has 0 radical (unpaired) electrons. The quantitative estimate of drug-likeness (QED) is 0.883. The van der Waals surface area contributed by atoms with Gasteiger partial charge in [-0.05, 0) is 37.1 Å². The zero-order chi connectivity index (χ0) is 15.0. The summed E-state index contributed by atoms with van der Waals surface area (Å²) in [5.41, 5.74) is 1.58. The number of fused-ring (bicyclic) bond motifs is 1. The normalized spacial score (nSPS) is 23.5. The van der Waals surface area contributed by atoms with Crippen molar-refractivity contribution < 1.29 is 17.9 Å². The van der Waals surface area contributed by atoms with E-state index < -0.39 is 10.0 Å². The molecule has 21 heavy (non-hydrogen) atoms. The maximum absolute atomic E-state index is 12.7. The minimum absolute atomic E-state index is 0.0279. The predicted octanol–water partition coefficient (Wildman–Crippen LogP) is 0.981. The molecule has 1 aromatic carbocycles. The lowest BCUT2D eigenvalue weighted by Crippen LogP contribution is -2.46. The lowest BCUT2D eigenvalue weighted by molar-refractivity contribution is -0.116. The van der Waals surface area contributed by atoms with Crippen LogP contribution in [0.2, 0.25) is 0 Å². The Kier molecular flexibility index (Phi) is 3.73. The zero-order valence-electron chi connectivity index (χ0n) is 11.8. The number of benzene rings is 1. The van der Waals surface area contributed by atoms with Gasteiger partial charge in [-0.15, -0.1) is 0 Å². The molecule has 0 aromatic heterocycles. The van der Waals surface area contributed by atoms with Gasteiger partial charge >= 0.3 is 0 Å². The molecular formula is C14H18N2O4S. The highest BCUT2D eigenvalue weighted by molar-refractivity contribution is 7.89. The van der Waals surface area contributed by atoms with E-state index in [9.17, 15) is 13.2 Å². The van der Waals surface area contributed by atoms with Gasteiger partial charge in [0.15, 0.2) is 0 Å². The fourth-order valence-electron chi connectivity index (χ4n) is 2.72. The molecule has 2 aliphatic rings. The SMILES string of the molecule is C[C@H]1COCCN1S(=O)(=O)c1ccc2c(c1)CCC(=O)N2. The molecule has 1 atom stereocenters. The van der Waals surface area contributed by atoms with Crippen molar-refractivity contribution in [2.75, 3.05) is 25.1 Å². The summed E-state index contributed by atoms with van der Waals surface area (Å²) in [4.78, 5) is 11.6. The zero-order valence-corrected chi connectivity index (χ0v) is 12.6. The number of carbonyl (C=O) groups excluding carboxylic acids is 1. The summed E-state index contributed by atoms with van der Waals surface area (Å²) in [6.07, 6.45) is 0.966. The lowest BCUT2D eigenvalue weighted by atomic mass is 10.0. The predicted molar refractivity (Wildman–Crippen MR) is 77.6 cm³/mol. The lowest BCUT2D eigenvalue weighted by Gasteiger charge is -2.32. The van der Waals surface area contributed by atoms with Crippen LogP contribution in [0.4, 0.5) is 5.69 Å². The number of aryl methyl sites for hydroxylation is 1. The molecule has 7 heteroatoms. The largest absolute Gasteiger partial charge is 0.378 e. The Labute approximate surface area is 124 Å².